The minimum Gasteiger partial charge on any atom is -0.324 e. The molecule has 4 N–H and O–H groups in total. The fourth-order valence-corrected chi connectivity index (χ4v) is 6.87. The normalized spacial score (nSPS) is 12.7. The monoisotopic (exact) mass is 1020 g/mol. The van der Waals surface area contributed by atoms with Crippen molar-refractivity contribution in [3.63, 3.8) is 0 Å². The molecule has 0 saturated heterocycles. The molecule has 0 bridgehead atoms. The number of Topliss-reactive ketones (excluding diaryl/α,β-unsaturated/α-hetero) is 2. The van der Waals surface area contributed by atoms with Crippen molar-refractivity contribution in [2.45, 2.75) is 52.1 Å². The van der Waals surface area contributed by atoms with Gasteiger partial charge in [0.25, 0.3) is 23.6 Å². The van der Waals surface area contributed by atoms with E-state index in [1.165, 1.54) is 62.4 Å². The van der Waals surface area contributed by atoms with Gasteiger partial charge >= 0.3 is 12.4 Å². The Morgan fingerprint density at radius 1 is 0.500 bits per heavy atom. The predicted octanol–water partition coefficient (Wildman–Crippen LogP) is 12.8. The Morgan fingerprint density at radius 2 is 0.853 bits per heavy atom. The number of hydrogen-bond acceptors (Lipinski definition) is 10. The molecule has 14 nitrogen and oxygen atoms in total. The highest BCUT2D eigenvalue weighted by molar-refractivity contribution is 6.37. The molecule has 354 valence electrons. The van der Waals surface area contributed by atoms with Gasteiger partial charge in [0.2, 0.25) is 12.1 Å². The molecule has 2 unspecified atom stereocenters. The molecular weight excluding hydrogens is 992 g/mol. The van der Waals surface area contributed by atoms with Crippen molar-refractivity contribution in [1.82, 2.24) is 0 Å². The standard InChI is InChI=1S/C44H32Cl4F6N8O6/c1-19-15-32(56-42(68)38(22(4)64)62-60-30-10-6-8-26(36(30)48)40(66)58-34-18-24(46)12-14-28(34)44(52,53)54)20(2)16-31(19)55-41(67)37(21(3)63)61-59-29-9-5-7-25(35(29)47)39(65)57-33-17-23(45)11-13-27(33)43(49,50)51/h5-18,37-38H,1-4H3,(H,55,67)(H,56,68)(H,57,65)(H,58,66). The first kappa shape index (κ1) is 52.2. The second-order valence-corrected chi connectivity index (χ2v) is 16.1. The lowest BCUT2D eigenvalue weighted by Crippen LogP contribution is -2.32. The number of rotatable bonds is 14. The van der Waals surface area contributed by atoms with Crippen LogP contribution in [0.15, 0.2) is 105 Å². The lowest BCUT2D eigenvalue weighted by molar-refractivity contribution is -0.137. The molecule has 5 rings (SSSR count). The summed E-state index contributed by atoms with van der Waals surface area (Å²) in [6, 6.07) is 12.1. The van der Waals surface area contributed by atoms with Crippen LogP contribution in [0.4, 0.5) is 60.5 Å². The summed E-state index contributed by atoms with van der Waals surface area (Å²) in [5.74, 6) is -5.58. The van der Waals surface area contributed by atoms with Gasteiger partial charge in [-0.2, -0.15) is 46.8 Å². The predicted molar refractivity (Wildman–Crippen MR) is 243 cm³/mol. The van der Waals surface area contributed by atoms with E-state index in [9.17, 15) is 55.1 Å². The molecule has 0 fully saturated rings. The second-order valence-electron chi connectivity index (χ2n) is 14.5. The number of halogens is 10. The average Bonchev–Trinajstić information content (AvgIpc) is 3.22. The fourth-order valence-electron chi connectivity index (χ4n) is 6.02. The van der Waals surface area contributed by atoms with Gasteiger partial charge in [-0.3, -0.25) is 28.8 Å². The number of ketones is 2. The molecule has 5 aromatic rings. The van der Waals surface area contributed by atoms with Gasteiger partial charge in [0.05, 0.1) is 43.7 Å². The van der Waals surface area contributed by atoms with E-state index in [0.29, 0.717) is 23.3 Å². The van der Waals surface area contributed by atoms with Crippen molar-refractivity contribution >= 4 is 116 Å². The van der Waals surface area contributed by atoms with Crippen LogP contribution in [0.2, 0.25) is 20.1 Å². The van der Waals surface area contributed by atoms with E-state index in [-0.39, 0.29) is 54.0 Å². The van der Waals surface area contributed by atoms with Crippen LogP contribution >= 0.6 is 46.4 Å². The molecule has 0 saturated carbocycles. The van der Waals surface area contributed by atoms with Gasteiger partial charge in [-0.25, -0.2) is 0 Å². The summed E-state index contributed by atoms with van der Waals surface area (Å²) in [7, 11) is 0. The molecule has 0 aliphatic carbocycles. The second kappa shape index (κ2) is 21.5. The number of hydrogen-bond donors (Lipinski definition) is 4. The van der Waals surface area contributed by atoms with E-state index in [4.69, 9.17) is 46.4 Å². The van der Waals surface area contributed by atoms with Crippen LogP contribution in [0.1, 0.15) is 56.8 Å². The molecule has 0 spiro atoms. The number of benzene rings is 5. The lowest BCUT2D eigenvalue weighted by atomic mass is 10.1. The van der Waals surface area contributed by atoms with Crippen molar-refractivity contribution in [3.8, 4) is 0 Å². The summed E-state index contributed by atoms with van der Waals surface area (Å²) in [4.78, 5) is 78.1. The Labute approximate surface area is 401 Å². The molecule has 0 radical (unpaired) electrons. The van der Waals surface area contributed by atoms with Gasteiger partial charge < -0.3 is 21.3 Å². The van der Waals surface area contributed by atoms with Crippen molar-refractivity contribution in [2.24, 2.45) is 20.5 Å². The van der Waals surface area contributed by atoms with Crippen molar-refractivity contribution < 1.29 is 55.1 Å². The highest BCUT2D eigenvalue weighted by atomic mass is 35.5. The van der Waals surface area contributed by atoms with Gasteiger partial charge in [-0.05, 0) is 112 Å². The third-order valence-electron chi connectivity index (χ3n) is 9.43. The zero-order valence-electron chi connectivity index (χ0n) is 35.3. The number of nitrogens with zero attached hydrogens (tertiary/aromatic N) is 4. The molecule has 2 atom stereocenters. The summed E-state index contributed by atoms with van der Waals surface area (Å²) in [5, 5.41) is 23.9. The number of carbonyl (C=O) groups excluding carboxylic acids is 6. The first-order valence-electron chi connectivity index (χ1n) is 19.3. The minimum absolute atomic E-state index is 0.0856. The maximum Gasteiger partial charge on any atom is 0.418 e. The summed E-state index contributed by atoms with van der Waals surface area (Å²) in [5.41, 5.74) is -3.67. The molecule has 0 aliphatic rings. The summed E-state index contributed by atoms with van der Waals surface area (Å²) >= 11 is 24.5. The van der Waals surface area contributed by atoms with Crippen LogP contribution in [0.25, 0.3) is 0 Å². The van der Waals surface area contributed by atoms with Crippen LogP contribution in [0, 0.1) is 13.8 Å². The minimum atomic E-state index is -4.83. The van der Waals surface area contributed by atoms with E-state index in [2.05, 4.69) is 41.7 Å². The Balaban J connectivity index is 1.28. The first-order valence-corrected chi connectivity index (χ1v) is 20.8. The largest absolute Gasteiger partial charge is 0.418 e. The van der Waals surface area contributed by atoms with Crippen LogP contribution in [-0.2, 0) is 31.5 Å². The summed E-state index contributed by atoms with van der Waals surface area (Å²) in [6.07, 6.45) is -9.67. The fraction of sp³-hybridized carbons (Fsp3) is 0.182. The Hall–Kier alpha value is -6.74. The van der Waals surface area contributed by atoms with Gasteiger partial charge in [0.1, 0.15) is 11.4 Å². The van der Waals surface area contributed by atoms with E-state index >= 15 is 0 Å². The molecule has 24 heteroatoms. The van der Waals surface area contributed by atoms with Gasteiger partial charge in [0, 0.05) is 21.4 Å². The van der Waals surface area contributed by atoms with Gasteiger partial charge in [0.15, 0.2) is 11.6 Å². The zero-order valence-corrected chi connectivity index (χ0v) is 38.3. The molecule has 5 aromatic carbocycles. The van der Waals surface area contributed by atoms with Crippen LogP contribution in [0.3, 0.4) is 0 Å². The first-order chi connectivity index (χ1) is 31.8. The molecule has 4 amide bonds. The molecule has 0 heterocycles. The number of alkyl halides is 6. The summed E-state index contributed by atoms with van der Waals surface area (Å²) in [6.45, 7) is 5.18. The number of amides is 4. The van der Waals surface area contributed by atoms with Crippen molar-refractivity contribution in [3.05, 3.63) is 138 Å². The Morgan fingerprint density at radius 3 is 1.18 bits per heavy atom. The van der Waals surface area contributed by atoms with E-state index in [1.54, 1.807) is 0 Å². The molecule has 0 aromatic heterocycles. The van der Waals surface area contributed by atoms with Gasteiger partial charge in [-0.15, -0.1) is 0 Å². The average molecular weight is 1020 g/mol. The SMILES string of the molecule is CC(=O)C(N=Nc1cccc(C(=O)Nc2cc(Cl)ccc2C(F)(F)F)c1Cl)C(=O)Nc1cc(C)c(NC(=O)C(N=Nc2cccc(C(=O)Nc3cc(Cl)ccc3C(F)(F)F)c2Cl)C(C)=O)cc1C. The topological polar surface area (TPSA) is 200 Å². The van der Waals surface area contributed by atoms with Crippen molar-refractivity contribution in [1.29, 1.82) is 0 Å². The van der Waals surface area contributed by atoms with Crippen LogP contribution in [0.5, 0.6) is 0 Å². The molecule has 68 heavy (non-hydrogen) atoms. The third kappa shape index (κ3) is 12.8. The number of carbonyl (C=O) groups is 6. The summed E-state index contributed by atoms with van der Waals surface area (Å²) < 4.78 is 81.5. The quantitative estimate of drug-likeness (QED) is 0.0484. The highest BCUT2D eigenvalue weighted by Gasteiger charge is 2.36. The smallest absolute Gasteiger partial charge is 0.324 e. The number of aryl methyl sites for hydroxylation is 2. The maximum atomic E-state index is 13.6. The highest BCUT2D eigenvalue weighted by Crippen LogP contribution is 2.39. The third-order valence-corrected chi connectivity index (χ3v) is 10.7. The van der Waals surface area contributed by atoms with E-state index in [1.807, 2.05) is 0 Å². The van der Waals surface area contributed by atoms with Crippen LogP contribution < -0.4 is 21.3 Å². The maximum absolute atomic E-state index is 13.6. The Bertz CT molecular complexity index is 2740. The van der Waals surface area contributed by atoms with Gasteiger partial charge in [-0.1, -0.05) is 58.5 Å². The lowest BCUT2D eigenvalue weighted by Gasteiger charge is -2.16. The Kier molecular flexibility index (Phi) is 16.5. The van der Waals surface area contributed by atoms with E-state index < -0.39 is 82.1 Å². The van der Waals surface area contributed by atoms with Crippen LogP contribution in [-0.4, -0.2) is 47.3 Å². The number of anilines is 4. The van der Waals surface area contributed by atoms with Crippen molar-refractivity contribution in [2.75, 3.05) is 21.3 Å². The number of azo groups is 2. The van der Waals surface area contributed by atoms with E-state index in [0.717, 1.165) is 38.1 Å². The molecular formula is C44H32Cl4F6N8O6. The number of nitrogens with one attached hydrogen (secondary N) is 4. The molecule has 0 aliphatic heterocycles. The zero-order chi connectivity index (χ0) is 50.4.